The van der Waals surface area contributed by atoms with E-state index in [1.807, 2.05) is 0 Å². The lowest BCUT2D eigenvalue weighted by atomic mass is 10.1. The van der Waals surface area contributed by atoms with Gasteiger partial charge in [-0.1, -0.05) is 201 Å². The van der Waals surface area contributed by atoms with Crippen LogP contribution >= 0.6 is 15.6 Å². The largest absolute Gasteiger partial charge is 0.472 e. The molecule has 0 bridgehead atoms. The number of carbonyl (C=O) groups excluding carboxylic acids is 3. The first-order valence-electron chi connectivity index (χ1n) is 32.2. The molecule has 0 fully saturated rings. The second kappa shape index (κ2) is 60.5. The van der Waals surface area contributed by atoms with E-state index >= 15 is 0 Å². The second-order valence-electron chi connectivity index (χ2n) is 21.2. The van der Waals surface area contributed by atoms with Gasteiger partial charge in [-0.05, 0) is 128 Å². The Kier molecular flexibility index (Phi) is 57.8. The van der Waals surface area contributed by atoms with Gasteiger partial charge >= 0.3 is 33.6 Å². The third-order valence-electron chi connectivity index (χ3n) is 13.0. The van der Waals surface area contributed by atoms with Crippen LogP contribution in [0.2, 0.25) is 0 Å². The topological polar surface area (TPSA) is 231 Å². The summed E-state index contributed by atoms with van der Waals surface area (Å²) in [6.07, 6.45) is 65.7. The first-order chi connectivity index (χ1) is 41.2. The molecule has 5 atom stereocenters. The lowest BCUT2D eigenvalue weighted by molar-refractivity contribution is -0.161. The minimum atomic E-state index is -4.93. The molecule has 488 valence electrons. The van der Waals surface area contributed by atoms with E-state index in [9.17, 15) is 43.5 Å². The summed E-state index contributed by atoms with van der Waals surface area (Å²) in [6, 6.07) is 0. The van der Waals surface area contributed by atoms with E-state index in [4.69, 9.17) is 32.3 Å². The first kappa shape index (κ1) is 81.2. The maximum atomic E-state index is 12.9. The SMILES string of the molecule is CC/C=C\C/C=C\C/C=C\C/C=C\C/C=C\CCCCCC(=O)OCC(O)COP(=O)(O)OCC(O)COP(=O)(O)OCC(COC(=O)CCCCCCC/C=C\C/C=C\CCCCC)OC(=O)CCCCCCC/C=C\C/C=C\CCCCC. The van der Waals surface area contributed by atoms with Gasteiger partial charge in [-0.25, -0.2) is 9.13 Å². The van der Waals surface area contributed by atoms with Crippen molar-refractivity contribution >= 4 is 33.6 Å². The summed E-state index contributed by atoms with van der Waals surface area (Å²) in [5.41, 5.74) is 0. The molecule has 0 aromatic rings. The highest BCUT2D eigenvalue weighted by Crippen LogP contribution is 2.45. The lowest BCUT2D eigenvalue weighted by Crippen LogP contribution is -2.30. The van der Waals surface area contributed by atoms with Crippen molar-refractivity contribution in [2.45, 2.75) is 257 Å². The molecule has 0 radical (unpaired) electrons. The van der Waals surface area contributed by atoms with Gasteiger partial charge in [-0.3, -0.25) is 32.5 Å². The normalized spacial score (nSPS) is 15.0. The predicted molar refractivity (Wildman–Crippen MR) is 344 cm³/mol. The monoisotopic (exact) mass is 1240 g/mol. The number of esters is 3. The Morgan fingerprint density at radius 2 is 0.624 bits per heavy atom. The van der Waals surface area contributed by atoms with Crippen molar-refractivity contribution in [1.82, 2.24) is 0 Å². The second-order valence-corrected chi connectivity index (χ2v) is 24.1. The van der Waals surface area contributed by atoms with Crippen LogP contribution in [0.4, 0.5) is 0 Å². The number of carbonyl (C=O) groups is 3. The van der Waals surface area contributed by atoms with Crippen LogP contribution in [-0.2, 0) is 55.8 Å². The van der Waals surface area contributed by atoms with Crippen LogP contribution in [0, 0.1) is 0 Å². The van der Waals surface area contributed by atoms with Gasteiger partial charge in [0.1, 0.15) is 25.4 Å². The van der Waals surface area contributed by atoms with Gasteiger partial charge in [0.25, 0.3) is 0 Å². The van der Waals surface area contributed by atoms with E-state index in [0.717, 1.165) is 141 Å². The Hall–Kier alpha value is -3.79. The standard InChI is InChI=1S/C67H114O16P2/c1-4-7-10-13-16-19-22-25-28-29-30-31-34-36-38-41-44-47-50-53-65(70)77-56-62(68)57-79-84(73,74)80-58-63(69)59-81-85(75,76)82-61-64(83-67(72)55-52-49-46-43-40-37-33-27-24-21-18-15-12-9-6-3)60-78-66(71)54-51-48-45-42-39-35-32-26-23-20-17-14-11-8-5-2/h7,10,16-21,25-28,30-33,36,38,62-64,68-69H,4-6,8-9,11-15,22-24,29,34-35,37,39-61H2,1-3H3,(H,73,74)(H,75,76)/b10-7-,19-16-,20-17-,21-18-,28-25-,31-30-,32-26-,33-27-,38-36-. The van der Waals surface area contributed by atoms with E-state index in [1.54, 1.807) is 0 Å². The number of phosphoric acid groups is 2. The zero-order valence-corrected chi connectivity index (χ0v) is 54.3. The number of allylic oxidation sites excluding steroid dienone is 18. The summed E-state index contributed by atoms with van der Waals surface area (Å²) >= 11 is 0. The Bertz CT molecular complexity index is 1990. The molecule has 0 saturated carbocycles. The minimum Gasteiger partial charge on any atom is -0.463 e. The number of aliphatic hydroxyl groups excluding tert-OH is 2. The predicted octanol–water partition coefficient (Wildman–Crippen LogP) is 17.3. The molecule has 0 aromatic carbocycles. The van der Waals surface area contributed by atoms with Crippen LogP contribution in [0.25, 0.3) is 0 Å². The molecule has 0 aromatic heterocycles. The van der Waals surface area contributed by atoms with E-state index in [-0.39, 0.29) is 19.3 Å². The van der Waals surface area contributed by atoms with Gasteiger partial charge in [0.2, 0.25) is 0 Å². The highest BCUT2D eigenvalue weighted by Gasteiger charge is 2.29. The summed E-state index contributed by atoms with van der Waals surface area (Å²) in [5.74, 6) is -1.64. The van der Waals surface area contributed by atoms with Gasteiger partial charge in [0.05, 0.1) is 26.4 Å². The fourth-order valence-electron chi connectivity index (χ4n) is 8.01. The molecule has 0 spiro atoms. The van der Waals surface area contributed by atoms with Crippen molar-refractivity contribution in [3.05, 3.63) is 109 Å². The summed E-state index contributed by atoms with van der Waals surface area (Å²) in [6.45, 7) is 2.40. The summed E-state index contributed by atoms with van der Waals surface area (Å²) in [5, 5.41) is 20.5. The summed E-state index contributed by atoms with van der Waals surface area (Å²) < 4.78 is 60.7. The molecular weight excluding hydrogens is 1120 g/mol. The van der Waals surface area contributed by atoms with E-state index in [1.165, 1.54) is 38.5 Å². The van der Waals surface area contributed by atoms with Crippen molar-refractivity contribution < 1.29 is 75.8 Å². The van der Waals surface area contributed by atoms with Crippen molar-refractivity contribution in [3.8, 4) is 0 Å². The van der Waals surface area contributed by atoms with Crippen LogP contribution in [0.5, 0.6) is 0 Å². The third kappa shape index (κ3) is 61.6. The van der Waals surface area contributed by atoms with E-state index in [0.29, 0.717) is 19.3 Å². The van der Waals surface area contributed by atoms with Crippen molar-refractivity contribution in [3.63, 3.8) is 0 Å². The number of ether oxygens (including phenoxy) is 3. The van der Waals surface area contributed by atoms with Gasteiger partial charge in [-0.15, -0.1) is 0 Å². The number of hydrogen-bond donors (Lipinski definition) is 4. The molecule has 0 rings (SSSR count). The number of rotatable bonds is 60. The van der Waals surface area contributed by atoms with Crippen LogP contribution in [-0.4, -0.2) is 95.9 Å². The molecule has 16 nitrogen and oxygen atoms in total. The minimum absolute atomic E-state index is 0.0829. The number of hydrogen-bond acceptors (Lipinski definition) is 14. The van der Waals surface area contributed by atoms with E-state index < -0.39 is 91.5 Å². The zero-order valence-electron chi connectivity index (χ0n) is 52.5. The van der Waals surface area contributed by atoms with Crippen molar-refractivity contribution in [2.75, 3.05) is 39.6 Å². The van der Waals surface area contributed by atoms with Crippen LogP contribution in [0.15, 0.2) is 109 Å². The Morgan fingerprint density at radius 1 is 0.341 bits per heavy atom. The quantitative estimate of drug-likeness (QED) is 0.0146. The maximum absolute atomic E-state index is 12.9. The molecule has 0 amide bonds. The molecule has 85 heavy (non-hydrogen) atoms. The highest BCUT2D eigenvalue weighted by atomic mass is 31.2. The van der Waals surface area contributed by atoms with Crippen molar-refractivity contribution in [1.29, 1.82) is 0 Å². The van der Waals surface area contributed by atoms with Gasteiger partial charge in [-0.2, -0.15) is 0 Å². The molecule has 4 N–H and O–H groups in total. The van der Waals surface area contributed by atoms with Gasteiger partial charge in [0, 0.05) is 19.3 Å². The number of phosphoric ester groups is 2. The fourth-order valence-corrected chi connectivity index (χ4v) is 9.59. The van der Waals surface area contributed by atoms with Crippen LogP contribution < -0.4 is 0 Å². The van der Waals surface area contributed by atoms with Crippen LogP contribution in [0.1, 0.15) is 239 Å². The summed E-state index contributed by atoms with van der Waals surface area (Å²) in [7, 11) is -9.79. The number of unbranched alkanes of at least 4 members (excludes halogenated alkanes) is 19. The molecule has 18 heteroatoms. The maximum Gasteiger partial charge on any atom is 0.472 e. The molecule has 5 unspecified atom stereocenters. The third-order valence-corrected chi connectivity index (χ3v) is 14.9. The smallest absolute Gasteiger partial charge is 0.463 e. The highest BCUT2D eigenvalue weighted by molar-refractivity contribution is 7.47. The Morgan fingerprint density at radius 3 is 1.00 bits per heavy atom. The number of aliphatic hydroxyl groups is 2. The molecule has 0 heterocycles. The average Bonchev–Trinajstić information content (AvgIpc) is 3.52. The molecule has 0 aliphatic rings. The first-order valence-corrected chi connectivity index (χ1v) is 35.2. The zero-order chi connectivity index (χ0) is 62.4. The van der Waals surface area contributed by atoms with Gasteiger partial charge in [0.15, 0.2) is 6.10 Å². The molecular formula is C67H114O16P2. The average molecular weight is 1240 g/mol. The summed E-state index contributed by atoms with van der Waals surface area (Å²) in [4.78, 5) is 58.2. The molecule has 0 aliphatic heterocycles. The molecule has 0 aliphatic carbocycles. The lowest BCUT2D eigenvalue weighted by Gasteiger charge is -2.21. The van der Waals surface area contributed by atoms with Crippen LogP contribution in [0.3, 0.4) is 0 Å². The van der Waals surface area contributed by atoms with E-state index in [2.05, 4.69) is 130 Å². The Labute approximate surface area is 513 Å². The van der Waals surface area contributed by atoms with Crippen molar-refractivity contribution in [2.24, 2.45) is 0 Å². The van der Waals surface area contributed by atoms with Gasteiger partial charge < -0.3 is 34.2 Å². The Balaban J connectivity index is 4.73. The molecule has 0 saturated heterocycles. The fraction of sp³-hybridized carbons (Fsp3) is 0.687.